The number of benzene rings is 8. The van der Waals surface area contributed by atoms with Gasteiger partial charge in [-0.2, -0.15) is 0 Å². The molecule has 10 aromatic rings. The Morgan fingerprint density at radius 3 is 1.57 bits per heavy atom. The lowest BCUT2D eigenvalue weighted by molar-refractivity contribution is 0.669. The molecule has 0 spiro atoms. The lowest BCUT2D eigenvalue weighted by atomic mass is 9.93. The third kappa shape index (κ3) is 6.39. The lowest BCUT2D eigenvalue weighted by Crippen LogP contribution is -2.12. The zero-order valence-electron chi connectivity index (χ0n) is 32.2. The minimum Gasteiger partial charge on any atom is -0.454 e. The third-order valence-electron chi connectivity index (χ3n) is 10.8. The van der Waals surface area contributed by atoms with Crippen LogP contribution in [0.5, 0.6) is 0 Å². The predicted octanol–water partition coefficient (Wildman–Crippen LogP) is 14.2. The van der Waals surface area contributed by atoms with Gasteiger partial charge in [0.05, 0.1) is 11.4 Å². The monoisotopic (exact) mass is 746 g/mol. The molecule has 0 bridgehead atoms. The van der Waals surface area contributed by atoms with E-state index in [4.69, 9.17) is 19.4 Å². The fourth-order valence-electron chi connectivity index (χ4n) is 7.92. The molecule has 5 nitrogen and oxygen atoms in total. The number of hydrogen-bond acceptors (Lipinski definition) is 5. The Bertz CT molecular complexity index is 3010. The molecule has 58 heavy (non-hydrogen) atoms. The zero-order chi connectivity index (χ0) is 39.0. The fourth-order valence-corrected chi connectivity index (χ4v) is 7.92. The first-order valence-corrected chi connectivity index (χ1v) is 19.5. The Morgan fingerprint density at radius 2 is 0.914 bits per heavy atom. The first-order chi connectivity index (χ1) is 28.6. The molecule has 0 unspecified atom stereocenters. The van der Waals surface area contributed by atoms with Gasteiger partial charge in [-0.05, 0) is 78.1 Å². The van der Waals surface area contributed by atoms with Gasteiger partial charge < -0.3 is 9.32 Å². The van der Waals surface area contributed by atoms with Crippen molar-refractivity contribution in [3.63, 3.8) is 0 Å². The molecule has 0 aliphatic rings. The predicted molar refractivity (Wildman–Crippen MR) is 238 cm³/mol. The molecule has 0 amide bonds. The highest BCUT2D eigenvalue weighted by atomic mass is 16.3. The van der Waals surface area contributed by atoms with Gasteiger partial charge in [0.1, 0.15) is 5.58 Å². The highest BCUT2D eigenvalue weighted by Gasteiger charge is 2.24. The quantitative estimate of drug-likeness (QED) is 0.155. The van der Waals surface area contributed by atoms with Gasteiger partial charge in [-0.3, -0.25) is 0 Å². The van der Waals surface area contributed by atoms with E-state index in [2.05, 4.69) is 152 Å². The van der Waals surface area contributed by atoms with Crippen molar-refractivity contribution in [2.75, 3.05) is 4.90 Å². The summed E-state index contributed by atoms with van der Waals surface area (Å²) in [6.45, 7) is 4.37. The van der Waals surface area contributed by atoms with Gasteiger partial charge in [-0.15, -0.1) is 0 Å². The van der Waals surface area contributed by atoms with Gasteiger partial charge in [-0.1, -0.05) is 158 Å². The summed E-state index contributed by atoms with van der Waals surface area (Å²) in [6, 6.07) is 67.3. The molecule has 0 aliphatic heterocycles. The van der Waals surface area contributed by atoms with E-state index in [9.17, 15) is 0 Å². The van der Waals surface area contributed by atoms with Crippen molar-refractivity contribution in [2.45, 2.75) is 13.8 Å². The second-order valence-electron chi connectivity index (χ2n) is 14.5. The van der Waals surface area contributed by atoms with Crippen molar-refractivity contribution in [2.24, 2.45) is 0 Å². The number of fused-ring (bicyclic) bond motifs is 3. The van der Waals surface area contributed by atoms with Crippen LogP contribution in [0.2, 0.25) is 0 Å². The second-order valence-corrected chi connectivity index (χ2v) is 14.5. The van der Waals surface area contributed by atoms with Crippen LogP contribution < -0.4 is 4.90 Å². The molecule has 10 rings (SSSR count). The van der Waals surface area contributed by atoms with Crippen molar-refractivity contribution in [3.8, 4) is 56.4 Å². The third-order valence-corrected chi connectivity index (χ3v) is 10.8. The summed E-state index contributed by atoms with van der Waals surface area (Å²) in [5.41, 5.74) is 14.4. The molecule has 0 atom stereocenters. The molecule has 0 fully saturated rings. The Labute approximate surface area is 337 Å². The summed E-state index contributed by atoms with van der Waals surface area (Å²) >= 11 is 0. The van der Waals surface area contributed by atoms with Crippen LogP contribution in [0, 0.1) is 13.8 Å². The van der Waals surface area contributed by atoms with Gasteiger partial charge in [-0.25, -0.2) is 15.0 Å². The number of nitrogens with zero attached hydrogens (tertiary/aromatic N) is 4. The standard InChI is InChI=1S/C53H38N4O/c1-35-16-12-13-24-43(35)49-36(2)17-14-26-46(49)57(42-31-28-38(29-32-42)37-18-6-3-7-19-37)47-27-15-25-45-44-33-30-41(34-48(44)58-50(45)47)53-55-51(39-20-8-4-9-21-39)54-52(56-53)40-22-10-5-11-23-40/h3-34H,1-2H3. The number of hydrogen-bond donors (Lipinski definition) is 0. The summed E-state index contributed by atoms with van der Waals surface area (Å²) in [7, 11) is 0. The van der Waals surface area contributed by atoms with Crippen LogP contribution in [-0.4, -0.2) is 15.0 Å². The van der Waals surface area contributed by atoms with E-state index in [0.717, 1.165) is 61.3 Å². The molecule has 2 aromatic heterocycles. The molecule has 0 N–H and O–H groups in total. The van der Waals surface area contributed by atoms with E-state index in [0.29, 0.717) is 17.5 Å². The van der Waals surface area contributed by atoms with Gasteiger partial charge in [0.25, 0.3) is 0 Å². The lowest BCUT2D eigenvalue weighted by Gasteiger charge is -2.29. The largest absolute Gasteiger partial charge is 0.454 e. The summed E-state index contributed by atoms with van der Waals surface area (Å²) < 4.78 is 6.98. The van der Waals surface area contributed by atoms with Crippen molar-refractivity contribution in [1.29, 1.82) is 0 Å². The number of aromatic nitrogens is 3. The smallest absolute Gasteiger partial charge is 0.164 e. The van der Waals surface area contributed by atoms with Crippen LogP contribution in [0.3, 0.4) is 0 Å². The molecule has 2 heterocycles. The van der Waals surface area contributed by atoms with Crippen molar-refractivity contribution in [1.82, 2.24) is 15.0 Å². The zero-order valence-corrected chi connectivity index (χ0v) is 32.2. The molecular formula is C53H38N4O. The topological polar surface area (TPSA) is 55.1 Å². The van der Waals surface area contributed by atoms with Gasteiger partial charge in [0.2, 0.25) is 0 Å². The highest BCUT2D eigenvalue weighted by Crippen LogP contribution is 2.47. The molecule has 5 heteroatoms. The maximum absolute atomic E-state index is 6.98. The SMILES string of the molecule is Cc1ccccc1-c1c(C)cccc1N(c1ccc(-c2ccccc2)cc1)c1cccc2c1oc1cc(-c3nc(-c4ccccc4)nc(-c4ccccc4)n3)ccc12. The molecular weight excluding hydrogens is 709 g/mol. The normalized spacial score (nSPS) is 11.3. The Balaban J connectivity index is 1.16. The van der Waals surface area contributed by atoms with Crippen LogP contribution >= 0.6 is 0 Å². The van der Waals surface area contributed by atoms with Gasteiger partial charge >= 0.3 is 0 Å². The van der Waals surface area contributed by atoms with Crippen molar-refractivity contribution < 1.29 is 4.42 Å². The van der Waals surface area contributed by atoms with E-state index in [-0.39, 0.29) is 0 Å². The minimum absolute atomic E-state index is 0.582. The number of rotatable bonds is 8. The Hall–Kier alpha value is -7.63. The van der Waals surface area contributed by atoms with Crippen LogP contribution in [-0.2, 0) is 0 Å². The van der Waals surface area contributed by atoms with Crippen LogP contribution in [0.1, 0.15) is 11.1 Å². The fraction of sp³-hybridized carbons (Fsp3) is 0.0377. The number of para-hydroxylation sites is 1. The highest BCUT2D eigenvalue weighted by molar-refractivity contribution is 6.11. The van der Waals surface area contributed by atoms with E-state index >= 15 is 0 Å². The van der Waals surface area contributed by atoms with E-state index < -0.39 is 0 Å². The number of furan rings is 1. The van der Waals surface area contributed by atoms with Gasteiger partial charge in [0.15, 0.2) is 23.1 Å². The molecule has 0 saturated carbocycles. The molecule has 8 aromatic carbocycles. The average molecular weight is 747 g/mol. The Morgan fingerprint density at radius 1 is 0.397 bits per heavy atom. The summed E-state index contributed by atoms with van der Waals surface area (Å²) in [6.07, 6.45) is 0. The average Bonchev–Trinajstić information content (AvgIpc) is 3.67. The van der Waals surface area contributed by atoms with E-state index in [1.54, 1.807) is 0 Å². The first kappa shape index (κ1) is 34.8. The van der Waals surface area contributed by atoms with E-state index in [1.165, 1.54) is 27.8 Å². The summed E-state index contributed by atoms with van der Waals surface area (Å²) in [5.74, 6) is 1.82. The van der Waals surface area contributed by atoms with Crippen molar-refractivity contribution >= 4 is 39.0 Å². The summed E-state index contributed by atoms with van der Waals surface area (Å²) in [4.78, 5) is 17.2. The summed E-state index contributed by atoms with van der Waals surface area (Å²) in [5, 5.41) is 2.05. The molecule has 0 saturated heterocycles. The molecule has 0 radical (unpaired) electrons. The number of anilines is 3. The van der Waals surface area contributed by atoms with Gasteiger partial charge in [0, 0.05) is 38.7 Å². The minimum atomic E-state index is 0.582. The maximum Gasteiger partial charge on any atom is 0.164 e. The van der Waals surface area contributed by atoms with Crippen LogP contribution in [0.15, 0.2) is 199 Å². The van der Waals surface area contributed by atoms with Crippen molar-refractivity contribution in [3.05, 3.63) is 205 Å². The second kappa shape index (κ2) is 14.8. The molecule has 276 valence electrons. The van der Waals surface area contributed by atoms with Crippen LogP contribution in [0.25, 0.3) is 78.4 Å². The van der Waals surface area contributed by atoms with E-state index in [1.807, 2.05) is 60.7 Å². The number of aryl methyl sites for hydroxylation is 2. The Kier molecular flexibility index (Phi) is 8.88. The molecule has 0 aliphatic carbocycles. The maximum atomic E-state index is 6.98. The van der Waals surface area contributed by atoms with Crippen LogP contribution in [0.4, 0.5) is 17.1 Å². The first-order valence-electron chi connectivity index (χ1n) is 19.5.